The molecule has 0 saturated carbocycles. The van der Waals surface area contributed by atoms with Crippen LogP contribution in [0.2, 0.25) is 0 Å². The Balaban J connectivity index is 0.00000182. The fraction of sp³-hybridized carbons (Fsp3) is 0. The molecule has 0 aromatic heterocycles. The van der Waals surface area contributed by atoms with Crippen LogP contribution in [-0.4, -0.2) is 36.1 Å². The number of hydrogen-bond donors (Lipinski definition) is 6. The first-order valence-corrected chi connectivity index (χ1v) is 7.06. The smallest absolute Gasteiger partial charge is 0.158 e. The summed E-state index contributed by atoms with van der Waals surface area (Å²) < 4.78 is 0. The zero-order chi connectivity index (χ0) is 17.2. The predicted octanol–water partition coefficient (Wildman–Crippen LogP) is 2.56. The number of phenolic OH excluding ortho intramolecular Hbond substituents is 6. The molecule has 7 nitrogen and oxygen atoms in total. The SMILES string of the molecule is O.Oc1cc(O)c2c(c1)c1cc(O)c(O)cc1c1cc(O)c(O)cc12. The Morgan fingerprint density at radius 3 is 1.24 bits per heavy atom. The van der Waals surface area contributed by atoms with E-state index in [0.29, 0.717) is 32.3 Å². The van der Waals surface area contributed by atoms with Crippen LogP contribution in [0.1, 0.15) is 0 Å². The summed E-state index contributed by atoms with van der Waals surface area (Å²) >= 11 is 0. The third kappa shape index (κ3) is 2.18. The van der Waals surface area contributed by atoms with E-state index in [1.165, 1.54) is 30.3 Å². The minimum atomic E-state index is -0.362. The van der Waals surface area contributed by atoms with Crippen molar-refractivity contribution < 1.29 is 36.1 Å². The zero-order valence-corrected chi connectivity index (χ0v) is 12.6. The van der Waals surface area contributed by atoms with Gasteiger partial charge in [-0.05, 0) is 57.3 Å². The molecule has 0 aliphatic heterocycles. The third-order valence-corrected chi connectivity index (χ3v) is 4.18. The van der Waals surface area contributed by atoms with E-state index < -0.39 is 0 Å². The average Bonchev–Trinajstić information content (AvgIpc) is 2.50. The molecule has 0 spiro atoms. The molecule has 0 amide bonds. The topological polar surface area (TPSA) is 153 Å². The van der Waals surface area contributed by atoms with Crippen LogP contribution in [-0.2, 0) is 0 Å². The summed E-state index contributed by atoms with van der Waals surface area (Å²) in [6.45, 7) is 0. The Hall–Kier alpha value is -3.58. The first kappa shape index (κ1) is 16.3. The summed E-state index contributed by atoms with van der Waals surface area (Å²) in [5.41, 5.74) is 0. The van der Waals surface area contributed by atoms with Gasteiger partial charge in [-0.3, -0.25) is 0 Å². The highest BCUT2D eigenvalue weighted by atomic mass is 16.3. The van der Waals surface area contributed by atoms with E-state index in [1.807, 2.05) is 0 Å². The van der Waals surface area contributed by atoms with Gasteiger partial charge in [0.15, 0.2) is 23.0 Å². The summed E-state index contributed by atoms with van der Waals surface area (Å²) in [4.78, 5) is 0. The van der Waals surface area contributed by atoms with Crippen LogP contribution >= 0.6 is 0 Å². The van der Waals surface area contributed by atoms with Gasteiger partial charge in [0, 0.05) is 11.5 Å². The van der Waals surface area contributed by atoms with Gasteiger partial charge in [0.05, 0.1) is 0 Å². The second-order valence-corrected chi connectivity index (χ2v) is 5.66. The normalized spacial score (nSPS) is 11.0. The molecule has 7 heteroatoms. The molecule has 25 heavy (non-hydrogen) atoms. The fourth-order valence-electron chi connectivity index (χ4n) is 3.14. The molecular formula is C18H14O7. The number of fused-ring (bicyclic) bond motifs is 6. The molecule has 0 radical (unpaired) electrons. The molecule has 0 aliphatic carbocycles. The highest BCUT2D eigenvalue weighted by molar-refractivity contribution is 6.27. The van der Waals surface area contributed by atoms with Crippen LogP contribution in [0.4, 0.5) is 0 Å². The van der Waals surface area contributed by atoms with Crippen LogP contribution in [0.25, 0.3) is 32.3 Å². The lowest BCUT2D eigenvalue weighted by molar-refractivity contribution is 0.404. The molecule has 4 rings (SSSR count). The van der Waals surface area contributed by atoms with Crippen LogP contribution in [0, 0.1) is 0 Å². The monoisotopic (exact) mass is 342 g/mol. The predicted molar refractivity (Wildman–Crippen MR) is 92.6 cm³/mol. The second kappa shape index (κ2) is 5.22. The van der Waals surface area contributed by atoms with Gasteiger partial charge in [0.2, 0.25) is 0 Å². The molecule has 0 fully saturated rings. The molecule has 0 bridgehead atoms. The third-order valence-electron chi connectivity index (χ3n) is 4.18. The van der Waals surface area contributed by atoms with Gasteiger partial charge in [-0.2, -0.15) is 0 Å². The lowest BCUT2D eigenvalue weighted by Crippen LogP contribution is -1.85. The molecule has 8 N–H and O–H groups in total. The first-order chi connectivity index (χ1) is 11.4. The molecule has 128 valence electrons. The maximum absolute atomic E-state index is 10.3. The maximum Gasteiger partial charge on any atom is 0.158 e. The van der Waals surface area contributed by atoms with E-state index in [-0.39, 0.29) is 40.0 Å². The number of benzene rings is 4. The molecule has 0 saturated heterocycles. The van der Waals surface area contributed by atoms with Gasteiger partial charge >= 0.3 is 0 Å². The van der Waals surface area contributed by atoms with Gasteiger partial charge < -0.3 is 36.1 Å². The van der Waals surface area contributed by atoms with Crippen molar-refractivity contribution in [3.05, 3.63) is 36.4 Å². The zero-order valence-electron chi connectivity index (χ0n) is 12.6. The van der Waals surface area contributed by atoms with Gasteiger partial charge in [-0.25, -0.2) is 0 Å². The number of hydrogen-bond acceptors (Lipinski definition) is 6. The van der Waals surface area contributed by atoms with Crippen molar-refractivity contribution in [2.75, 3.05) is 0 Å². The van der Waals surface area contributed by atoms with Crippen LogP contribution in [0.3, 0.4) is 0 Å². The first-order valence-electron chi connectivity index (χ1n) is 7.06. The lowest BCUT2D eigenvalue weighted by atomic mass is 9.93. The van der Waals surface area contributed by atoms with E-state index >= 15 is 0 Å². The molecule has 0 unspecified atom stereocenters. The molecule has 0 heterocycles. The minimum Gasteiger partial charge on any atom is -0.508 e. The maximum atomic E-state index is 10.3. The molecule has 0 atom stereocenters. The Labute approximate surface area is 140 Å². The highest BCUT2D eigenvalue weighted by Gasteiger charge is 2.17. The van der Waals surface area contributed by atoms with Crippen molar-refractivity contribution in [1.82, 2.24) is 0 Å². The molecular weight excluding hydrogens is 328 g/mol. The van der Waals surface area contributed by atoms with Crippen molar-refractivity contribution in [2.24, 2.45) is 0 Å². The van der Waals surface area contributed by atoms with E-state index in [1.54, 1.807) is 0 Å². The van der Waals surface area contributed by atoms with E-state index in [0.717, 1.165) is 6.07 Å². The van der Waals surface area contributed by atoms with Crippen LogP contribution in [0.5, 0.6) is 34.5 Å². The average molecular weight is 342 g/mol. The molecule has 4 aromatic carbocycles. The van der Waals surface area contributed by atoms with Crippen LogP contribution in [0.15, 0.2) is 36.4 Å². The van der Waals surface area contributed by atoms with E-state index in [9.17, 15) is 30.6 Å². The van der Waals surface area contributed by atoms with Crippen molar-refractivity contribution in [1.29, 1.82) is 0 Å². The van der Waals surface area contributed by atoms with Gasteiger partial charge in [-0.1, -0.05) is 0 Å². The Morgan fingerprint density at radius 2 is 0.760 bits per heavy atom. The van der Waals surface area contributed by atoms with Crippen molar-refractivity contribution >= 4 is 32.3 Å². The van der Waals surface area contributed by atoms with E-state index in [2.05, 4.69) is 0 Å². The number of aromatic hydroxyl groups is 6. The standard InChI is InChI=1S/C18H12O6.H2O/c19-7-1-11-9-4-14(21)13(20)3-8(9)10-5-15(22)16(23)6-12(10)18(11)17(24)2-7;/h1-6,19-24H;1H2. The lowest BCUT2D eigenvalue weighted by Gasteiger charge is -2.14. The summed E-state index contributed by atoms with van der Waals surface area (Å²) in [5.74, 6) is -1.80. The largest absolute Gasteiger partial charge is 0.508 e. The van der Waals surface area contributed by atoms with Gasteiger partial charge in [0.1, 0.15) is 11.5 Å². The molecule has 0 aliphatic rings. The fourth-order valence-corrected chi connectivity index (χ4v) is 3.14. The Morgan fingerprint density at radius 1 is 0.400 bits per heavy atom. The van der Waals surface area contributed by atoms with Gasteiger partial charge in [-0.15, -0.1) is 0 Å². The van der Waals surface area contributed by atoms with Crippen molar-refractivity contribution in [3.8, 4) is 34.5 Å². The minimum absolute atomic E-state index is 0. The van der Waals surface area contributed by atoms with E-state index in [4.69, 9.17) is 0 Å². The number of rotatable bonds is 0. The quantitative estimate of drug-likeness (QED) is 0.213. The summed E-state index contributed by atoms with van der Waals surface area (Å²) in [5, 5.41) is 62.0. The molecule has 4 aromatic rings. The van der Waals surface area contributed by atoms with Crippen LogP contribution < -0.4 is 0 Å². The highest BCUT2D eigenvalue weighted by Crippen LogP contribution is 2.46. The van der Waals surface area contributed by atoms with Gasteiger partial charge in [0.25, 0.3) is 0 Å². The summed E-state index contributed by atoms with van der Waals surface area (Å²) in [7, 11) is 0. The van der Waals surface area contributed by atoms with Crippen molar-refractivity contribution in [2.45, 2.75) is 0 Å². The number of phenols is 6. The van der Waals surface area contributed by atoms with Crippen molar-refractivity contribution in [3.63, 3.8) is 0 Å². The second-order valence-electron chi connectivity index (χ2n) is 5.66. The Kier molecular flexibility index (Phi) is 3.40. The summed E-state index contributed by atoms with van der Waals surface area (Å²) in [6.07, 6.45) is 0. The Bertz CT molecular complexity index is 1130. The summed E-state index contributed by atoms with van der Waals surface area (Å²) in [6, 6.07) is 7.83.